The van der Waals surface area contributed by atoms with Crippen molar-refractivity contribution >= 4 is 11.9 Å². The van der Waals surface area contributed by atoms with Crippen LogP contribution in [0.5, 0.6) is 0 Å². The third kappa shape index (κ3) is 1.44. The number of nitrogens with zero attached hydrogens (tertiary/aromatic N) is 4. The Morgan fingerprint density at radius 2 is 2.24 bits per heavy atom. The van der Waals surface area contributed by atoms with Crippen molar-refractivity contribution in [3.8, 4) is 5.82 Å². The molecule has 3 aromatic rings. The van der Waals surface area contributed by atoms with Crippen LogP contribution in [0.4, 0.5) is 0 Å². The van der Waals surface area contributed by atoms with E-state index in [1.54, 1.807) is 15.3 Å². The van der Waals surface area contributed by atoms with Crippen molar-refractivity contribution in [2.45, 2.75) is 6.92 Å². The fourth-order valence-electron chi connectivity index (χ4n) is 1.81. The van der Waals surface area contributed by atoms with Crippen molar-refractivity contribution in [1.82, 2.24) is 19.2 Å². The lowest BCUT2D eigenvalue weighted by molar-refractivity contribution is 0.111. The van der Waals surface area contributed by atoms with Gasteiger partial charge in [0.2, 0.25) is 0 Å². The number of imidazole rings is 1. The van der Waals surface area contributed by atoms with E-state index in [2.05, 4.69) is 10.1 Å². The first-order valence-corrected chi connectivity index (χ1v) is 5.23. The van der Waals surface area contributed by atoms with Crippen LogP contribution in [0.2, 0.25) is 0 Å². The van der Waals surface area contributed by atoms with Crippen LogP contribution in [0.25, 0.3) is 11.5 Å². The molecule has 0 atom stereocenters. The summed E-state index contributed by atoms with van der Waals surface area (Å²) in [5.41, 5.74) is 2.26. The van der Waals surface area contributed by atoms with Crippen molar-refractivity contribution in [1.29, 1.82) is 0 Å². The molecule has 5 heteroatoms. The second-order valence-electron chi connectivity index (χ2n) is 3.83. The molecular formula is C12H10N4O. The summed E-state index contributed by atoms with van der Waals surface area (Å²) < 4.78 is 3.37. The fourth-order valence-corrected chi connectivity index (χ4v) is 1.81. The van der Waals surface area contributed by atoms with E-state index in [9.17, 15) is 4.79 Å². The van der Waals surface area contributed by atoms with E-state index in [4.69, 9.17) is 0 Å². The molecule has 17 heavy (non-hydrogen) atoms. The average molecular weight is 226 g/mol. The highest BCUT2D eigenvalue weighted by molar-refractivity contribution is 5.79. The molecule has 0 bridgehead atoms. The predicted molar refractivity (Wildman–Crippen MR) is 62.4 cm³/mol. The molecule has 0 fully saturated rings. The van der Waals surface area contributed by atoms with Crippen molar-refractivity contribution in [3.63, 3.8) is 0 Å². The number of rotatable bonds is 2. The van der Waals surface area contributed by atoms with E-state index >= 15 is 0 Å². The zero-order valence-corrected chi connectivity index (χ0v) is 9.24. The Labute approximate surface area is 97.3 Å². The molecule has 0 aliphatic rings. The highest BCUT2D eigenvalue weighted by Crippen LogP contribution is 2.14. The Balaban J connectivity index is 2.32. The van der Waals surface area contributed by atoms with Gasteiger partial charge in [-0.05, 0) is 24.6 Å². The fraction of sp³-hybridized carbons (Fsp3) is 0.0833. The van der Waals surface area contributed by atoms with Gasteiger partial charge in [-0.1, -0.05) is 6.07 Å². The smallest absolute Gasteiger partial charge is 0.183 e. The Bertz CT molecular complexity index is 695. The zero-order chi connectivity index (χ0) is 11.8. The molecule has 84 valence electrons. The van der Waals surface area contributed by atoms with E-state index in [1.807, 2.05) is 37.5 Å². The number of carbonyl (C=O) groups excluding carboxylic acids is 1. The summed E-state index contributed by atoms with van der Waals surface area (Å²) in [5.74, 6) is 0.555. The predicted octanol–water partition coefficient (Wildman–Crippen LogP) is 1.64. The van der Waals surface area contributed by atoms with Crippen LogP contribution in [0, 0.1) is 6.92 Å². The summed E-state index contributed by atoms with van der Waals surface area (Å²) in [6.45, 7) is 1.94. The van der Waals surface area contributed by atoms with Crippen molar-refractivity contribution in [3.05, 3.63) is 48.0 Å². The molecule has 5 nitrogen and oxygen atoms in total. The summed E-state index contributed by atoms with van der Waals surface area (Å²) in [7, 11) is 0. The Morgan fingerprint density at radius 3 is 2.94 bits per heavy atom. The van der Waals surface area contributed by atoms with Crippen LogP contribution in [-0.4, -0.2) is 25.5 Å². The summed E-state index contributed by atoms with van der Waals surface area (Å²) in [6.07, 6.45) is 6.19. The summed E-state index contributed by atoms with van der Waals surface area (Å²) in [4.78, 5) is 15.6. The molecule has 3 rings (SSSR count). The molecule has 0 unspecified atom stereocenters. The van der Waals surface area contributed by atoms with E-state index in [1.165, 1.54) is 0 Å². The van der Waals surface area contributed by atoms with Gasteiger partial charge in [0.1, 0.15) is 11.3 Å². The third-order valence-corrected chi connectivity index (χ3v) is 2.59. The largest absolute Gasteiger partial charge is 0.296 e. The molecule has 0 aromatic carbocycles. The van der Waals surface area contributed by atoms with E-state index in [0.29, 0.717) is 11.5 Å². The topological polar surface area (TPSA) is 52.2 Å². The normalized spacial score (nSPS) is 10.9. The SMILES string of the molecule is Cc1cnn(-c2nc3ccccn3c2C=O)c1. The lowest BCUT2D eigenvalue weighted by Gasteiger charge is -1.96. The van der Waals surface area contributed by atoms with Crippen LogP contribution in [0.3, 0.4) is 0 Å². The van der Waals surface area contributed by atoms with E-state index in [-0.39, 0.29) is 0 Å². The summed E-state index contributed by atoms with van der Waals surface area (Å²) in [5, 5.41) is 4.17. The summed E-state index contributed by atoms with van der Waals surface area (Å²) in [6, 6.07) is 5.60. The minimum atomic E-state index is 0.503. The first-order valence-electron chi connectivity index (χ1n) is 5.23. The zero-order valence-electron chi connectivity index (χ0n) is 9.24. The lowest BCUT2D eigenvalue weighted by atomic mass is 10.4. The first-order chi connectivity index (χ1) is 8.29. The molecule has 0 N–H and O–H groups in total. The molecule has 0 spiro atoms. The minimum Gasteiger partial charge on any atom is -0.296 e. The van der Waals surface area contributed by atoms with Gasteiger partial charge in [-0.25, -0.2) is 9.67 Å². The average Bonchev–Trinajstić information content (AvgIpc) is 2.91. The number of pyridine rings is 1. The van der Waals surface area contributed by atoms with Gasteiger partial charge in [0.25, 0.3) is 0 Å². The van der Waals surface area contributed by atoms with Crippen molar-refractivity contribution in [2.75, 3.05) is 0 Å². The number of carbonyl (C=O) groups is 1. The number of aryl methyl sites for hydroxylation is 1. The maximum Gasteiger partial charge on any atom is 0.183 e. The van der Waals surface area contributed by atoms with E-state index in [0.717, 1.165) is 17.5 Å². The van der Waals surface area contributed by atoms with Gasteiger partial charge in [-0.2, -0.15) is 5.10 Å². The number of aromatic nitrogens is 4. The number of fused-ring (bicyclic) bond motifs is 1. The van der Waals surface area contributed by atoms with Gasteiger partial charge in [-0.3, -0.25) is 9.20 Å². The molecule has 0 radical (unpaired) electrons. The van der Waals surface area contributed by atoms with Crippen LogP contribution >= 0.6 is 0 Å². The molecule has 0 saturated carbocycles. The van der Waals surface area contributed by atoms with Crippen LogP contribution in [-0.2, 0) is 0 Å². The number of hydrogen-bond donors (Lipinski definition) is 0. The second kappa shape index (κ2) is 3.55. The Morgan fingerprint density at radius 1 is 1.35 bits per heavy atom. The Kier molecular flexibility index (Phi) is 2.04. The van der Waals surface area contributed by atoms with Crippen molar-refractivity contribution in [2.24, 2.45) is 0 Å². The number of aldehydes is 1. The van der Waals surface area contributed by atoms with Gasteiger partial charge in [0.05, 0.1) is 6.20 Å². The third-order valence-electron chi connectivity index (χ3n) is 2.59. The van der Waals surface area contributed by atoms with Crippen molar-refractivity contribution < 1.29 is 4.79 Å². The lowest BCUT2D eigenvalue weighted by Crippen LogP contribution is -2.00. The molecule has 3 aromatic heterocycles. The summed E-state index contributed by atoms with van der Waals surface area (Å²) >= 11 is 0. The highest BCUT2D eigenvalue weighted by Gasteiger charge is 2.13. The van der Waals surface area contributed by atoms with Crippen LogP contribution in [0.1, 0.15) is 16.1 Å². The number of hydrogen-bond acceptors (Lipinski definition) is 3. The minimum absolute atomic E-state index is 0.503. The van der Waals surface area contributed by atoms with Crippen LogP contribution < -0.4 is 0 Å². The van der Waals surface area contributed by atoms with E-state index < -0.39 is 0 Å². The standard InChI is InChI=1S/C12H10N4O/c1-9-6-13-16(7-9)12-10(8-17)15-5-3-2-4-11(15)14-12/h2-8H,1H3. The molecule has 0 aliphatic heterocycles. The second-order valence-corrected chi connectivity index (χ2v) is 3.83. The van der Waals surface area contributed by atoms with Gasteiger partial charge in [0.15, 0.2) is 12.1 Å². The van der Waals surface area contributed by atoms with Crippen LogP contribution in [0.15, 0.2) is 36.8 Å². The van der Waals surface area contributed by atoms with Gasteiger partial charge in [0, 0.05) is 12.4 Å². The van der Waals surface area contributed by atoms with Gasteiger partial charge < -0.3 is 0 Å². The maximum atomic E-state index is 11.2. The molecule has 0 aliphatic carbocycles. The molecule has 0 amide bonds. The monoisotopic (exact) mass is 226 g/mol. The van der Waals surface area contributed by atoms with Gasteiger partial charge in [-0.15, -0.1) is 0 Å². The molecule has 0 saturated heterocycles. The molecular weight excluding hydrogens is 216 g/mol. The first kappa shape index (κ1) is 9.77. The van der Waals surface area contributed by atoms with Gasteiger partial charge >= 0.3 is 0 Å². The maximum absolute atomic E-state index is 11.2. The molecule has 3 heterocycles. The quantitative estimate of drug-likeness (QED) is 0.624. The highest BCUT2D eigenvalue weighted by atomic mass is 16.1. The Hall–Kier alpha value is -2.43.